The van der Waals surface area contributed by atoms with Gasteiger partial charge in [-0.1, -0.05) is 0 Å². The van der Waals surface area contributed by atoms with Gasteiger partial charge in [0.1, 0.15) is 0 Å². The van der Waals surface area contributed by atoms with Crippen LogP contribution in [0.15, 0.2) is 0 Å². The van der Waals surface area contributed by atoms with Gasteiger partial charge in [0.25, 0.3) is 0 Å². The molecule has 70 valence electrons. The van der Waals surface area contributed by atoms with Gasteiger partial charge < -0.3 is 10.4 Å². The Labute approximate surface area is 70.7 Å². The molecule has 1 amide bonds. The van der Waals surface area contributed by atoms with Crippen molar-refractivity contribution < 1.29 is 18.3 Å². The summed E-state index contributed by atoms with van der Waals surface area (Å²) in [5, 5.41) is 11.6. The summed E-state index contributed by atoms with van der Waals surface area (Å²) in [4.78, 5) is 10.5. The molecule has 0 bridgehead atoms. The molecule has 1 rings (SSSR count). The number of hydrogen-bond donors (Lipinski definition) is 2. The fraction of sp³-hybridized carbons (Fsp3) is 0.833. The number of aliphatic hydroxyl groups is 1. The fourth-order valence-electron chi connectivity index (χ4n) is 1.23. The highest BCUT2D eigenvalue weighted by Crippen LogP contribution is 2.11. The first-order valence-corrected chi connectivity index (χ1v) is 5.38. The Balaban J connectivity index is 2.64. The lowest BCUT2D eigenvalue weighted by Crippen LogP contribution is -2.41. The van der Waals surface area contributed by atoms with E-state index in [1.54, 1.807) is 0 Å². The van der Waals surface area contributed by atoms with E-state index >= 15 is 0 Å². The maximum Gasteiger partial charge on any atom is 0.217 e. The molecule has 2 atom stereocenters. The maximum absolute atomic E-state index is 10.9. The van der Waals surface area contributed by atoms with E-state index < -0.39 is 22.0 Å². The summed E-state index contributed by atoms with van der Waals surface area (Å²) in [5.41, 5.74) is 0. The van der Waals surface area contributed by atoms with Crippen LogP contribution in [0.3, 0.4) is 0 Å². The molecule has 5 nitrogen and oxygen atoms in total. The summed E-state index contributed by atoms with van der Waals surface area (Å²) in [6.07, 6.45) is -0.959. The second kappa shape index (κ2) is 3.02. The van der Waals surface area contributed by atoms with Crippen LogP contribution in [-0.4, -0.2) is 43.1 Å². The Hall–Kier alpha value is -0.620. The summed E-state index contributed by atoms with van der Waals surface area (Å²) in [5.74, 6) is -0.734. The minimum Gasteiger partial charge on any atom is -0.390 e. The zero-order valence-electron chi connectivity index (χ0n) is 6.65. The molecule has 12 heavy (non-hydrogen) atoms. The molecule has 0 unspecified atom stereocenters. The number of carbonyl (C=O) groups excluding carboxylic acids is 1. The first kappa shape index (κ1) is 9.47. The SMILES string of the molecule is CC(=O)N[C@H]1CS(=O)(=O)C[C@@H]1O. The average Bonchev–Trinajstić information content (AvgIpc) is 2.03. The number of sulfone groups is 1. The van der Waals surface area contributed by atoms with Crippen molar-refractivity contribution in [3.05, 3.63) is 0 Å². The normalized spacial score (nSPS) is 33.2. The van der Waals surface area contributed by atoms with Crippen molar-refractivity contribution in [3.63, 3.8) is 0 Å². The fourth-order valence-corrected chi connectivity index (χ4v) is 2.97. The third-order valence-corrected chi connectivity index (χ3v) is 3.43. The number of hydrogen-bond acceptors (Lipinski definition) is 4. The van der Waals surface area contributed by atoms with Crippen LogP contribution in [0, 0.1) is 0 Å². The van der Waals surface area contributed by atoms with Crippen LogP contribution in [0.1, 0.15) is 6.92 Å². The van der Waals surface area contributed by atoms with Gasteiger partial charge in [0.15, 0.2) is 9.84 Å². The summed E-state index contributed by atoms with van der Waals surface area (Å²) in [6.45, 7) is 1.29. The van der Waals surface area contributed by atoms with E-state index in [0.29, 0.717) is 0 Å². The van der Waals surface area contributed by atoms with E-state index in [2.05, 4.69) is 5.32 Å². The average molecular weight is 193 g/mol. The van der Waals surface area contributed by atoms with Gasteiger partial charge in [0.2, 0.25) is 5.91 Å². The number of carbonyl (C=O) groups is 1. The van der Waals surface area contributed by atoms with Crippen molar-refractivity contribution in [1.82, 2.24) is 5.32 Å². The molecule has 0 radical (unpaired) electrons. The predicted molar refractivity (Wildman–Crippen MR) is 42.3 cm³/mol. The van der Waals surface area contributed by atoms with E-state index in [-0.39, 0.29) is 17.4 Å². The van der Waals surface area contributed by atoms with Gasteiger partial charge in [0, 0.05) is 6.92 Å². The molecular formula is C6H11NO4S. The highest BCUT2D eigenvalue weighted by molar-refractivity contribution is 7.91. The van der Waals surface area contributed by atoms with Crippen LogP contribution in [0.2, 0.25) is 0 Å². The van der Waals surface area contributed by atoms with Gasteiger partial charge in [-0.15, -0.1) is 0 Å². The highest BCUT2D eigenvalue weighted by atomic mass is 32.2. The van der Waals surface area contributed by atoms with Crippen LogP contribution in [0.25, 0.3) is 0 Å². The Morgan fingerprint density at radius 3 is 2.42 bits per heavy atom. The molecule has 0 aliphatic carbocycles. The summed E-state index contributed by atoms with van der Waals surface area (Å²) >= 11 is 0. The monoisotopic (exact) mass is 193 g/mol. The van der Waals surface area contributed by atoms with E-state index in [0.717, 1.165) is 0 Å². The van der Waals surface area contributed by atoms with Gasteiger partial charge in [0.05, 0.1) is 23.7 Å². The van der Waals surface area contributed by atoms with E-state index in [9.17, 15) is 18.3 Å². The van der Waals surface area contributed by atoms with Gasteiger partial charge >= 0.3 is 0 Å². The zero-order chi connectivity index (χ0) is 9.35. The topological polar surface area (TPSA) is 83.5 Å². The Morgan fingerprint density at radius 2 is 2.08 bits per heavy atom. The minimum atomic E-state index is -3.16. The lowest BCUT2D eigenvalue weighted by Gasteiger charge is -2.12. The second-order valence-corrected chi connectivity index (χ2v) is 5.11. The summed E-state index contributed by atoms with van der Waals surface area (Å²) in [6, 6.07) is -0.632. The third-order valence-electron chi connectivity index (χ3n) is 1.71. The predicted octanol–water partition coefficient (Wildman–Crippen LogP) is -1.72. The van der Waals surface area contributed by atoms with Crippen LogP contribution >= 0.6 is 0 Å². The zero-order valence-corrected chi connectivity index (χ0v) is 7.47. The van der Waals surface area contributed by atoms with Crippen molar-refractivity contribution in [3.8, 4) is 0 Å². The third kappa shape index (κ3) is 2.18. The molecule has 0 aromatic carbocycles. The molecule has 1 aliphatic rings. The summed E-state index contributed by atoms with van der Waals surface area (Å²) in [7, 11) is -3.16. The van der Waals surface area contributed by atoms with Crippen molar-refractivity contribution in [1.29, 1.82) is 0 Å². The summed E-state index contributed by atoms with van der Waals surface area (Å²) < 4.78 is 21.8. The Kier molecular flexibility index (Phi) is 2.39. The van der Waals surface area contributed by atoms with Crippen LogP contribution in [0.5, 0.6) is 0 Å². The van der Waals surface area contributed by atoms with E-state index in [1.165, 1.54) is 6.92 Å². The number of aliphatic hydroxyl groups excluding tert-OH is 1. The molecule has 0 aromatic heterocycles. The molecule has 0 aromatic rings. The van der Waals surface area contributed by atoms with Crippen LogP contribution in [0.4, 0.5) is 0 Å². The molecule has 0 saturated carbocycles. The van der Waals surface area contributed by atoms with Crippen molar-refractivity contribution >= 4 is 15.7 Å². The number of amides is 1. The smallest absolute Gasteiger partial charge is 0.217 e. The van der Waals surface area contributed by atoms with Crippen LogP contribution < -0.4 is 5.32 Å². The highest BCUT2D eigenvalue weighted by Gasteiger charge is 2.36. The largest absolute Gasteiger partial charge is 0.390 e. The van der Waals surface area contributed by atoms with Gasteiger partial charge in [-0.3, -0.25) is 4.79 Å². The number of rotatable bonds is 1. The molecule has 2 N–H and O–H groups in total. The number of nitrogens with one attached hydrogen (secondary N) is 1. The van der Waals surface area contributed by atoms with Gasteiger partial charge in [-0.05, 0) is 0 Å². The van der Waals surface area contributed by atoms with Crippen LogP contribution in [-0.2, 0) is 14.6 Å². The second-order valence-electron chi connectivity index (χ2n) is 2.95. The van der Waals surface area contributed by atoms with E-state index in [1.807, 2.05) is 0 Å². The molecular weight excluding hydrogens is 182 g/mol. The Bertz CT molecular complexity index is 284. The van der Waals surface area contributed by atoms with Gasteiger partial charge in [-0.2, -0.15) is 0 Å². The standard InChI is InChI=1S/C6H11NO4S/c1-4(8)7-5-2-12(10,11)3-6(5)9/h5-6,9H,2-3H2,1H3,(H,7,8)/t5-,6-/m0/s1. The molecule has 1 fully saturated rings. The minimum absolute atomic E-state index is 0.159. The molecule has 1 heterocycles. The first-order chi connectivity index (χ1) is 5.41. The Morgan fingerprint density at radius 1 is 1.50 bits per heavy atom. The van der Waals surface area contributed by atoms with E-state index in [4.69, 9.17) is 0 Å². The molecule has 6 heteroatoms. The molecule has 1 aliphatic heterocycles. The quantitative estimate of drug-likeness (QED) is 0.519. The van der Waals surface area contributed by atoms with Crippen molar-refractivity contribution in [2.75, 3.05) is 11.5 Å². The lowest BCUT2D eigenvalue weighted by molar-refractivity contribution is -0.120. The lowest BCUT2D eigenvalue weighted by atomic mass is 10.2. The van der Waals surface area contributed by atoms with Crippen molar-refractivity contribution in [2.45, 2.75) is 19.1 Å². The molecule has 1 saturated heterocycles. The maximum atomic E-state index is 10.9. The van der Waals surface area contributed by atoms with Gasteiger partial charge in [-0.25, -0.2) is 8.42 Å². The first-order valence-electron chi connectivity index (χ1n) is 3.56. The molecule has 0 spiro atoms. The van der Waals surface area contributed by atoms with Crippen molar-refractivity contribution in [2.24, 2.45) is 0 Å².